The first kappa shape index (κ1) is 15.9. The van der Waals surface area contributed by atoms with E-state index in [1.165, 1.54) is 22.3 Å². The molecule has 0 saturated heterocycles. The van der Waals surface area contributed by atoms with Crippen LogP contribution in [0.4, 0.5) is 4.79 Å². The molecule has 0 saturated carbocycles. The molecule has 4 heteroatoms. The van der Waals surface area contributed by atoms with Crippen LogP contribution in [0.5, 0.6) is 0 Å². The maximum absolute atomic E-state index is 12.2. The van der Waals surface area contributed by atoms with Crippen molar-refractivity contribution >= 4 is 18.7 Å². The largest absolute Gasteiger partial charge is 0.448 e. The molecule has 0 aromatic heterocycles. The third-order valence-electron chi connectivity index (χ3n) is 4.55. The van der Waals surface area contributed by atoms with Gasteiger partial charge in [-0.3, -0.25) is 0 Å². The second-order valence-corrected chi connectivity index (χ2v) is 6.31. The van der Waals surface area contributed by atoms with Crippen molar-refractivity contribution in [2.45, 2.75) is 18.9 Å². The number of ether oxygens (including phenoxy) is 1. The van der Waals surface area contributed by atoms with E-state index in [0.29, 0.717) is 12.4 Å². The number of carbonyl (C=O) groups excluding carboxylic acids is 1. The van der Waals surface area contributed by atoms with Crippen LogP contribution in [-0.2, 0) is 4.74 Å². The van der Waals surface area contributed by atoms with E-state index in [2.05, 4.69) is 36.9 Å². The highest BCUT2D eigenvalue weighted by molar-refractivity contribution is 7.80. The standard InChI is InChI=1S/C19H21NO2S/c1-13(12-23)20(2)19(21)22-11-18-16-9-5-3-7-14(16)15-8-4-6-10-17(15)18/h3-10,13,18,23H,11-12H2,1-2H3/t13-/m0/s1. The summed E-state index contributed by atoms with van der Waals surface area (Å²) in [4.78, 5) is 13.8. The molecule has 1 amide bonds. The van der Waals surface area contributed by atoms with Crippen molar-refractivity contribution in [3.8, 4) is 11.1 Å². The molecule has 0 bridgehead atoms. The fourth-order valence-electron chi connectivity index (χ4n) is 3.00. The first-order chi connectivity index (χ1) is 11.1. The van der Waals surface area contributed by atoms with Crippen LogP contribution >= 0.6 is 12.6 Å². The minimum Gasteiger partial charge on any atom is -0.448 e. The average molecular weight is 327 g/mol. The van der Waals surface area contributed by atoms with Gasteiger partial charge in [0.05, 0.1) is 0 Å². The highest BCUT2D eigenvalue weighted by Crippen LogP contribution is 2.44. The third kappa shape index (κ3) is 2.95. The van der Waals surface area contributed by atoms with Crippen molar-refractivity contribution in [2.75, 3.05) is 19.4 Å². The first-order valence-corrected chi connectivity index (χ1v) is 8.45. The Bertz CT molecular complexity index is 671. The van der Waals surface area contributed by atoms with Crippen molar-refractivity contribution in [2.24, 2.45) is 0 Å². The summed E-state index contributed by atoms with van der Waals surface area (Å²) in [6.45, 7) is 2.31. The fourth-order valence-corrected chi connectivity index (χ4v) is 3.24. The Balaban J connectivity index is 1.80. The SMILES string of the molecule is C[C@@H](CS)N(C)C(=O)OCC1c2ccccc2-c2ccccc21. The van der Waals surface area contributed by atoms with Gasteiger partial charge in [0.1, 0.15) is 6.61 Å². The summed E-state index contributed by atoms with van der Waals surface area (Å²) in [6, 6.07) is 16.7. The smallest absolute Gasteiger partial charge is 0.409 e. The molecule has 2 aromatic carbocycles. The Morgan fingerprint density at radius 1 is 1.13 bits per heavy atom. The topological polar surface area (TPSA) is 29.5 Å². The molecule has 120 valence electrons. The average Bonchev–Trinajstić information content (AvgIpc) is 2.92. The highest BCUT2D eigenvalue weighted by atomic mass is 32.1. The summed E-state index contributed by atoms with van der Waals surface area (Å²) in [5, 5.41) is 0. The maximum atomic E-state index is 12.2. The van der Waals surface area contributed by atoms with E-state index < -0.39 is 0 Å². The number of thiol groups is 1. The van der Waals surface area contributed by atoms with Gasteiger partial charge < -0.3 is 9.64 Å². The van der Waals surface area contributed by atoms with Gasteiger partial charge in [0.25, 0.3) is 0 Å². The number of rotatable bonds is 4. The molecule has 0 heterocycles. The molecule has 1 aliphatic rings. The van der Waals surface area contributed by atoms with Crippen LogP contribution in [0, 0.1) is 0 Å². The fraction of sp³-hybridized carbons (Fsp3) is 0.316. The summed E-state index contributed by atoms with van der Waals surface area (Å²) < 4.78 is 5.58. The Morgan fingerprint density at radius 2 is 1.65 bits per heavy atom. The third-order valence-corrected chi connectivity index (χ3v) is 5.08. The molecule has 2 aromatic rings. The first-order valence-electron chi connectivity index (χ1n) is 7.82. The van der Waals surface area contributed by atoms with Crippen LogP contribution in [0.25, 0.3) is 11.1 Å². The molecule has 0 unspecified atom stereocenters. The lowest BCUT2D eigenvalue weighted by atomic mass is 9.98. The quantitative estimate of drug-likeness (QED) is 0.854. The van der Waals surface area contributed by atoms with Gasteiger partial charge in [-0.05, 0) is 29.2 Å². The van der Waals surface area contributed by atoms with Gasteiger partial charge >= 0.3 is 6.09 Å². The lowest BCUT2D eigenvalue weighted by Gasteiger charge is -2.24. The van der Waals surface area contributed by atoms with Crippen molar-refractivity contribution < 1.29 is 9.53 Å². The number of hydrogen-bond donors (Lipinski definition) is 1. The van der Waals surface area contributed by atoms with Gasteiger partial charge in [-0.25, -0.2) is 4.79 Å². The van der Waals surface area contributed by atoms with Crippen molar-refractivity contribution in [1.29, 1.82) is 0 Å². The zero-order valence-corrected chi connectivity index (χ0v) is 14.3. The lowest BCUT2D eigenvalue weighted by molar-refractivity contribution is 0.100. The molecule has 0 radical (unpaired) electrons. The zero-order valence-electron chi connectivity index (χ0n) is 13.4. The predicted molar refractivity (Wildman–Crippen MR) is 96.1 cm³/mol. The molecule has 0 aliphatic heterocycles. The maximum Gasteiger partial charge on any atom is 0.409 e. The van der Waals surface area contributed by atoms with Crippen LogP contribution in [-0.4, -0.2) is 36.4 Å². The molecular formula is C19H21NO2S. The summed E-state index contributed by atoms with van der Waals surface area (Å²) in [5.74, 6) is 0.715. The normalized spacial score (nSPS) is 14.0. The molecule has 3 rings (SSSR count). The summed E-state index contributed by atoms with van der Waals surface area (Å²) in [7, 11) is 1.75. The van der Waals surface area contributed by atoms with E-state index in [9.17, 15) is 4.79 Å². The molecule has 0 fully saturated rings. The molecule has 1 atom stereocenters. The summed E-state index contributed by atoms with van der Waals surface area (Å²) in [5.41, 5.74) is 4.93. The van der Waals surface area contributed by atoms with Crippen molar-refractivity contribution in [3.05, 3.63) is 59.7 Å². The Labute approximate surface area is 142 Å². The zero-order chi connectivity index (χ0) is 16.4. The van der Waals surface area contributed by atoms with Crippen LogP contribution in [0.15, 0.2) is 48.5 Å². The number of amides is 1. The van der Waals surface area contributed by atoms with Gasteiger partial charge in [-0.1, -0.05) is 48.5 Å². The molecule has 3 nitrogen and oxygen atoms in total. The van der Waals surface area contributed by atoms with Gasteiger partial charge in [-0.2, -0.15) is 12.6 Å². The van der Waals surface area contributed by atoms with Gasteiger partial charge in [-0.15, -0.1) is 0 Å². The molecule has 0 N–H and O–H groups in total. The Hall–Kier alpha value is -1.94. The van der Waals surface area contributed by atoms with Crippen LogP contribution in [0.2, 0.25) is 0 Å². The molecule has 23 heavy (non-hydrogen) atoms. The van der Waals surface area contributed by atoms with E-state index in [1.807, 2.05) is 31.2 Å². The highest BCUT2D eigenvalue weighted by Gasteiger charge is 2.29. The molecular weight excluding hydrogens is 306 g/mol. The molecule has 1 aliphatic carbocycles. The Kier molecular flexibility index (Phi) is 4.62. The second-order valence-electron chi connectivity index (χ2n) is 5.95. The van der Waals surface area contributed by atoms with E-state index >= 15 is 0 Å². The lowest BCUT2D eigenvalue weighted by Crippen LogP contribution is -2.37. The van der Waals surface area contributed by atoms with E-state index in [0.717, 1.165) is 0 Å². The Morgan fingerprint density at radius 3 is 2.17 bits per heavy atom. The predicted octanol–water partition coefficient (Wildman–Crippen LogP) is 4.19. The van der Waals surface area contributed by atoms with Crippen molar-refractivity contribution in [1.82, 2.24) is 4.90 Å². The summed E-state index contributed by atoms with van der Waals surface area (Å²) in [6.07, 6.45) is -0.298. The monoisotopic (exact) mass is 327 g/mol. The van der Waals surface area contributed by atoms with E-state index in [-0.39, 0.29) is 18.1 Å². The van der Waals surface area contributed by atoms with E-state index in [4.69, 9.17) is 4.74 Å². The van der Waals surface area contributed by atoms with Gasteiger partial charge in [0.15, 0.2) is 0 Å². The number of benzene rings is 2. The van der Waals surface area contributed by atoms with Crippen LogP contribution in [0.1, 0.15) is 24.0 Å². The summed E-state index contributed by atoms with van der Waals surface area (Å²) >= 11 is 4.23. The number of fused-ring (bicyclic) bond motifs is 3. The number of nitrogens with zero attached hydrogens (tertiary/aromatic N) is 1. The van der Waals surface area contributed by atoms with Gasteiger partial charge in [0.2, 0.25) is 0 Å². The van der Waals surface area contributed by atoms with Crippen LogP contribution in [0.3, 0.4) is 0 Å². The number of hydrogen-bond acceptors (Lipinski definition) is 3. The van der Waals surface area contributed by atoms with Crippen LogP contribution < -0.4 is 0 Å². The number of carbonyl (C=O) groups is 1. The van der Waals surface area contributed by atoms with Gasteiger partial charge in [0, 0.05) is 24.8 Å². The minimum absolute atomic E-state index is 0.0500. The second kappa shape index (κ2) is 6.67. The van der Waals surface area contributed by atoms with E-state index in [1.54, 1.807) is 11.9 Å². The molecule has 0 spiro atoms. The minimum atomic E-state index is -0.298. The van der Waals surface area contributed by atoms with Crippen molar-refractivity contribution in [3.63, 3.8) is 0 Å².